The maximum Gasteiger partial charge on any atom is 0.222 e. The van der Waals surface area contributed by atoms with Crippen LogP contribution in [0, 0.1) is 0 Å². The van der Waals surface area contributed by atoms with Crippen LogP contribution in [-0.2, 0) is 9.53 Å². The van der Waals surface area contributed by atoms with Crippen LogP contribution in [0.4, 0.5) is 0 Å². The summed E-state index contributed by atoms with van der Waals surface area (Å²) in [5, 5.41) is 0. The molecule has 0 bridgehead atoms. The van der Waals surface area contributed by atoms with Crippen molar-refractivity contribution in [3.8, 4) is 0 Å². The summed E-state index contributed by atoms with van der Waals surface area (Å²) in [6, 6.07) is 0.262. The van der Waals surface area contributed by atoms with Crippen LogP contribution in [0.1, 0.15) is 26.7 Å². The second-order valence-electron chi connectivity index (χ2n) is 3.26. The quantitative estimate of drug-likeness (QED) is 0.621. The molecule has 0 saturated carbocycles. The molecule has 1 amide bonds. The van der Waals surface area contributed by atoms with Gasteiger partial charge in [-0.15, -0.1) is 0 Å². The van der Waals surface area contributed by atoms with Crippen molar-refractivity contribution >= 4 is 5.91 Å². The molecule has 0 radical (unpaired) electrons. The van der Waals surface area contributed by atoms with Crippen LogP contribution in [0.3, 0.4) is 0 Å². The zero-order chi connectivity index (χ0) is 8.97. The maximum absolute atomic E-state index is 11.5. The molecule has 1 atom stereocenters. The fourth-order valence-electron chi connectivity index (χ4n) is 1.46. The van der Waals surface area contributed by atoms with Crippen molar-refractivity contribution in [2.24, 2.45) is 0 Å². The Labute approximate surface area is 73.7 Å². The summed E-state index contributed by atoms with van der Waals surface area (Å²) < 4.78 is 5.25. The van der Waals surface area contributed by atoms with Gasteiger partial charge in [-0.1, -0.05) is 6.92 Å². The minimum Gasteiger partial charge on any atom is -0.377 e. The Balaban J connectivity index is 2.42. The summed E-state index contributed by atoms with van der Waals surface area (Å²) in [4.78, 5) is 13.4. The molecule has 70 valence electrons. The normalized spacial score (nSPS) is 24.2. The summed E-state index contributed by atoms with van der Waals surface area (Å²) >= 11 is 0. The third-order valence-corrected chi connectivity index (χ3v) is 2.15. The van der Waals surface area contributed by atoms with E-state index in [9.17, 15) is 4.79 Å². The Morgan fingerprint density at radius 1 is 1.67 bits per heavy atom. The number of carbonyl (C=O) groups is 1. The molecule has 1 fully saturated rings. The molecular weight excluding hydrogens is 154 g/mol. The fourth-order valence-corrected chi connectivity index (χ4v) is 1.46. The highest BCUT2D eigenvalue weighted by Gasteiger charge is 2.22. The van der Waals surface area contributed by atoms with Crippen molar-refractivity contribution < 1.29 is 9.53 Å². The van der Waals surface area contributed by atoms with Crippen LogP contribution >= 0.6 is 0 Å². The first-order valence-electron chi connectivity index (χ1n) is 4.63. The molecule has 0 unspecified atom stereocenters. The molecule has 0 aromatic rings. The van der Waals surface area contributed by atoms with E-state index in [1.807, 2.05) is 18.7 Å². The predicted molar refractivity (Wildman–Crippen MR) is 46.9 cm³/mol. The first kappa shape index (κ1) is 9.52. The van der Waals surface area contributed by atoms with Gasteiger partial charge in [-0.2, -0.15) is 0 Å². The SMILES string of the molecule is CCCC(=O)N1CCOC[C@H]1C. The molecule has 0 aromatic heterocycles. The van der Waals surface area contributed by atoms with Gasteiger partial charge in [-0.3, -0.25) is 4.79 Å². The topological polar surface area (TPSA) is 29.5 Å². The maximum atomic E-state index is 11.5. The number of ether oxygens (including phenoxy) is 1. The van der Waals surface area contributed by atoms with Crippen LogP contribution in [-0.4, -0.2) is 36.6 Å². The van der Waals surface area contributed by atoms with Crippen molar-refractivity contribution in [1.29, 1.82) is 0 Å². The average molecular weight is 171 g/mol. The highest BCUT2D eigenvalue weighted by atomic mass is 16.5. The summed E-state index contributed by atoms with van der Waals surface area (Å²) in [5.74, 6) is 0.272. The van der Waals surface area contributed by atoms with Crippen LogP contribution in [0.25, 0.3) is 0 Å². The summed E-state index contributed by atoms with van der Waals surface area (Å²) in [6.07, 6.45) is 1.60. The Morgan fingerprint density at radius 2 is 2.42 bits per heavy atom. The van der Waals surface area contributed by atoms with Gasteiger partial charge in [-0.25, -0.2) is 0 Å². The van der Waals surface area contributed by atoms with Crippen molar-refractivity contribution in [1.82, 2.24) is 4.90 Å². The Bertz CT molecular complexity index is 159. The summed E-state index contributed by atoms with van der Waals surface area (Å²) in [7, 11) is 0. The molecule has 0 aromatic carbocycles. The number of amides is 1. The third kappa shape index (κ3) is 2.21. The van der Waals surface area contributed by atoms with E-state index >= 15 is 0 Å². The molecule has 0 aliphatic carbocycles. The molecule has 1 aliphatic heterocycles. The molecule has 12 heavy (non-hydrogen) atoms. The van der Waals surface area contributed by atoms with E-state index in [2.05, 4.69) is 0 Å². The number of hydrogen-bond acceptors (Lipinski definition) is 2. The van der Waals surface area contributed by atoms with E-state index in [0.717, 1.165) is 13.0 Å². The Kier molecular flexibility index (Phi) is 3.53. The predicted octanol–water partition coefficient (Wildman–Crippen LogP) is 1.03. The molecule has 0 N–H and O–H groups in total. The van der Waals surface area contributed by atoms with Gasteiger partial charge in [0.2, 0.25) is 5.91 Å². The van der Waals surface area contributed by atoms with Gasteiger partial charge in [0, 0.05) is 13.0 Å². The standard InChI is InChI=1S/C9H17NO2/c1-3-4-9(11)10-5-6-12-7-8(10)2/h8H,3-7H2,1-2H3/t8-/m1/s1. The van der Waals surface area contributed by atoms with Crippen LogP contribution in [0.2, 0.25) is 0 Å². The van der Waals surface area contributed by atoms with Crippen LogP contribution in [0.15, 0.2) is 0 Å². The lowest BCUT2D eigenvalue weighted by Crippen LogP contribution is -2.46. The first-order valence-corrected chi connectivity index (χ1v) is 4.63. The zero-order valence-corrected chi connectivity index (χ0v) is 7.88. The molecular formula is C9H17NO2. The van der Waals surface area contributed by atoms with Gasteiger partial charge in [0.05, 0.1) is 19.3 Å². The van der Waals surface area contributed by atoms with Gasteiger partial charge in [-0.05, 0) is 13.3 Å². The molecule has 1 heterocycles. The first-order chi connectivity index (χ1) is 5.75. The van der Waals surface area contributed by atoms with Gasteiger partial charge < -0.3 is 9.64 Å². The largest absolute Gasteiger partial charge is 0.377 e. The molecule has 3 heteroatoms. The van der Waals surface area contributed by atoms with E-state index in [0.29, 0.717) is 19.6 Å². The van der Waals surface area contributed by atoms with Crippen LogP contribution in [0.5, 0.6) is 0 Å². The highest BCUT2D eigenvalue weighted by molar-refractivity contribution is 5.76. The number of rotatable bonds is 2. The Morgan fingerprint density at radius 3 is 3.00 bits per heavy atom. The lowest BCUT2D eigenvalue weighted by molar-refractivity contribution is -0.139. The minimum atomic E-state index is 0.262. The third-order valence-electron chi connectivity index (χ3n) is 2.15. The van der Waals surface area contributed by atoms with Gasteiger partial charge in [0.1, 0.15) is 0 Å². The molecule has 0 spiro atoms. The zero-order valence-electron chi connectivity index (χ0n) is 7.88. The van der Waals surface area contributed by atoms with Crippen molar-refractivity contribution in [3.63, 3.8) is 0 Å². The van der Waals surface area contributed by atoms with Crippen molar-refractivity contribution in [2.45, 2.75) is 32.7 Å². The van der Waals surface area contributed by atoms with E-state index in [1.54, 1.807) is 0 Å². The lowest BCUT2D eigenvalue weighted by Gasteiger charge is -2.33. The number of nitrogens with zero attached hydrogens (tertiary/aromatic N) is 1. The molecule has 1 aliphatic rings. The van der Waals surface area contributed by atoms with Gasteiger partial charge >= 0.3 is 0 Å². The van der Waals surface area contributed by atoms with E-state index in [-0.39, 0.29) is 11.9 Å². The second-order valence-corrected chi connectivity index (χ2v) is 3.26. The monoisotopic (exact) mass is 171 g/mol. The highest BCUT2D eigenvalue weighted by Crippen LogP contribution is 2.08. The van der Waals surface area contributed by atoms with Crippen LogP contribution < -0.4 is 0 Å². The number of hydrogen-bond donors (Lipinski definition) is 0. The van der Waals surface area contributed by atoms with E-state index < -0.39 is 0 Å². The smallest absolute Gasteiger partial charge is 0.222 e. The Hall–Kier alpha value is -0.570. The second kappa shape index (κ2) is 4.45. The summed E-state index contributed by atoms with van der Waals surface area (Å²) in [6.45, 7) is 6.21. The van der Waals surface area contributed by atoms with E-state index in [4.69, 9.17) is 4.74 Å². The summed E-state index contributed by atoms with van der Waals surface area (Å²) in [5.41, 5.74) is 0. The fraction of sp³-hybridized carbons (Fsp3) is 0.889. The molecule has 1 saturated heterocycles. The average Bonchev–Trinajstić information content (AvgIpc) is 2.05. The minimum absolute atomic E-state index is 0.262. The van der Waals surface area contributed by atoms with Gasteiger partial charge in [0.15, 0.2) is 0 Å². The number of carbonyl (C=O) groups excluding carboxylic acids is 1. The van der Waals surface area contributed by atoms with Gasteiger partial charge in [0.25, 0.3) is 0 Å². The lowest BCUT2D eigenvalue weighted by atomic mass is 10.2. The molecule has 3 nitrogen and oxygen atoms in total. The van der Waals surface area contributed by atoms with Crippen molar-refractivity contribution in [3.05, 3.63) is 0 Å². The van der Waals surface area contributed by atoms with E-state index in [1.165, 1.54) is 0 Å². The number of morpholine rings is 1. The molecule has 1 rings (SSSR count). The van der Waals surface area contributed by atoms with Crippen molar-refractivity contribution in [2.75, 3.05) is 19.8 Å².